The third-order valence-corrected chi connectivity index (χ3v) is 9.08. The van der Waals surface area contributed by atoms with E-state index in [1.807, 2.05) is 6.92 Å². The molecule has 2 aromatic heterocycles. The van der Waals surface area contributed by atoms with E-state index >= 15 is 0 Å². The number of aromatic nitrogens is 2. The number of fused-ring (bicyclic) bond motifs is 4. The monoisotopic (exact) mass is 511 g/mol. The SMILES string of the molecule is Cc1ccc(S(=O)(=O)n2cc(/C=C/C(=O)N[C@H]3C4CCC(CC4)[C@@H]3C(=O)O)c3cc(F)cnc32)cc1. The van der Waals surface area contributed by atoms with Gasteiger partial charge in [-0.15, -0.1) is 0 Å². The van der Waals surface area contributed by atoms with E-state index in [9.17, 15) is 27.5 Å². The maximum Gasteiger partial charge on any atom is 0.308 e. The normalized spacial score (nSPS) is 23.8. The Balaban J connectivity index is 1.46. The highest BCUT2D eigenvalue weighted by molar-refractivity contribution is 7.90. The first-order chi connectivity index (χ1) is 17.1. The molecular weight excluding hydrogens is 485 g/mol. The molecule has 10 heteroatoms. The number of pyridine rings is 1. The number of carboxylic acid groups (broad SMARTS) is 1. The number of nitrogens with one attached hydrogen (secondary N) is 1. The van der Waals surface area contributed by atoms with Crippen LogP contribution in [0.1, 0.15) is 36.8 Å². The lowest BCUT2D eigenvalue weighted by atomic mass is 9.61. The van der Waals surface area contributed by atoms with Gasteiger partial charge in [-0.3, -0.25) is 9.59 Å². The van der Waals surface area contributed by atoms with Crippen molar-refractivity contribution in [1.29, 1.82) is 0 Å². The topological polar surface area (TPSA) is 118 Å². The summed E-state index contributed by atoms with van der Waals surface area (Å²) in [5.41, 5.74) is 1.23. The van der Waals surface area contributed by atoms with E-state index in [1.165, 1.54) is 36.5 Å². The standard InChI is InChI=1S/C26H26FN3O5S/c1-15-2-9-20(10-3-15)36(34,35)30-14-18(21-12-19(27)13-28-25(21)30)8-11-22(31)29-24-17-6-4-16(5-7-17)23(24)26(32)33/h2-3,8-14,16-17,23-24H,4-7H2,1H3,(H,29,31)(H,32,33)/b11-8+/t16?,17?,23-,24-/m0/s1. The van der Waals surface area contributed by atoms with Crippen LogP contribution in [0, 0.1) is 30.5 Å². The number of carboxylic acids is 1. The first kappa shape index (κ1) is 24.2. The first-order valence-corrected chi connectivity index (χ1v) is 13.3. The van der Waals surface area contributed by atoms with E-state index in [4.69, 9.17) is 0 Å². The average molecular weight is 512 g/mol. The lowest BCUT2D eigenvalue weighted by Gasteiger charge is -2.46. The van der Waals surface area contributed by atoms with Gasteiger partial charge in [-0.25, -0.2) is 21.8 Å². The number of aryl methyl sites for hydroxylation is 1. The lowest BCUT2D eigenvalue weighted by molar-refractivity contribution is -0.150. The molecule has 0 radical (unpaired) electrons. The molecule has 36 heavy (non-hydrogen) atoms. The minimum Gasteiger partial charge on any atom is -0.481 e. The Kier molecular flexibility index (Phi) is 6.15. The summed E-state index contributed by atoms with van der Waals surface area (Å²) in [6.45, 7) is 1.84. The van der Waals surface area contributed by atoms with Gasteiger partial charge in [-0.2, -0.15) is 0 Å². The molecule has 3 aliphatic rings. The second kappa shape index (κ2) is 9.16. The van der Waals surface area contributed by atoms with Gasteiger partial charge in [0.25, 0.3) is 10.0 Å². The zero-order valence-corrected chi connectivity index (χ0v) is 20.4. The lowest BCUT2D eigenvalue weighted by Crippen LogP contribution is -2.55. The van der Waals surface area contributed by atoms with Gasteiger partial charge in [0.1, 0.15) is 5.82 Å². The van der Waals surface area contributed by atoms with Crippen LogP contribution in [0.4, 0.5) is 4.39 Å². The summed E-state index contributed by atoms with van der Waals surface area (Å²) in [5.74, 6) is -2.46. The predicted octanol–water partition coefficient (Wildman–Crippen LogP) is 3.74. The summed E-state index contributed by atoms with van der Waals surface area (Å²) in [6.07, 6.45) is 8.36. The van der Waals surface area contributed by atoms with Gasteiger partial charge in [-0.1, -0.05) is 17.7 Å². The minimum atomic E-state index is -4.03. The second-order valence-electron chi connectivity index (χ2n) is 9.63. The molecular formula is C26H26FN3O5S. The van der Waals surface area contributed by atoms with Crippen LogP contribution in [-0.4, -0.2) is 40.4 Å². The summed E-state index contributed by atoms with van der Waals surface area (Å²) < 4.78 is 41.6. The van der Waals surface area contributed by atoms with E-state index < -0.39 is 39.7 Å². The molecule has 0 aliphatic heterocycles. The molecule has 6 rings (SSSR count). The Hall–Kier alpha value is -3.53. The van der Waals surface area contributed by atoms with Gasteiger partial charge in [-0.05, 0) is 68.7 Å². The van der Waals surface area contributed by atoms with Crippen LogP contribution in [0.2, 0.25) is 0 Å². The Morgan fingerprint density at radius 2 is 1.81 bits per heavy atom. The number of nitrogens with zero attached hydrogens (tertiary/aromatic N) is 2. The molecule has 2 N–H and O–H groups in total. The number of carbonyl (C=O) groups is 2. The highest BCUT2D eigenvalue weighted by atomic mass is 32.2. The fourth-order valence-electron chi connectivity index (χ4n) is 5.61. The number of aliphatic carboxylic acids is 1. The molecule has 2 atom stereocenters. The molecule has 1 aromatic carbocycles. The van der Waals surface area contributed by atoms with Gasteiger partial charge >= 0.3 is 5.97 Å². The van der Waals surface area contributed by atoms with Gasteiger partial charge in [0.15, 0.2) is 5.65 Å². The number of rotatable bonds is 6. The Bertz CT molecular complexity index is 1470. The van der Waals surface area contributed by atoms with Crippen LogP contribution in [0.3, 0.4) is 0 Å². The Morgan fingerprint density at radius 1 is 1.14 bits per heavy atom. The highest BCUT2D eigenvalue weighted by Crippen LogP contribution is 2.45. The minimum absolute atomic E-state index is 0.0348. The Morgan fingerprint density at radius 3 is 2.47 bits per heavy atom. The summed E-state index contributed by atoms with van der Waals surface area (Å²) in [6, 6.07) is 7.05. The quantitative estimate of drug-likeness (QED) is 0.487. The summed E-state index contributed by atoms with van der Waals surface area (Å²) in [7, 11) is -4.03. The van der Waals surface area contributed by atoms with Crippen molar-refractivity contribution in [2.24, 2.45) is 17.8 Å². The van der Waals surface area contributed by atoms with Gasteiger partial charge in [0.05, 0.1) is 17.0 Å². The number of benzene rings is 1. The van der Waals surface area contributed by atoms with Crippen molar-refractivity contribution in [3.8, 4) is 0 Å². The molecule has 188 valence electrons. The summed E-state index contributed by atoms with van der Waals surface area (Å²) >= 11 is 0. The van der Waals surface area contributed by atoms with E-state index in [0.717, 1.165) is 41.4 Å². The van der Waals surface area contributed by atoms with Crippen LogP contribution in [0.15, 0.2) is 53.7 Å². The first-order valence-electron chi connectivity index (χ1n) is 11.9. The van der Waals surface area contributed by atoms with Crippen molar-refractivity contribution in [2.75, 3.05) is 0 Å². The summed E-state index contributed by atoms with van der Waals surface area (Å²) in [5, 5.41) is 12.8. The maximum absolute atomic E-state index is 14.0. The fraction of sp³-hybridized carbons (Fsp3) is 0.346. The van der Waals surface area contributed by atoms with E-state index in [0.29, 0.717) is 5.56 Å². The molecule has 0 spiro atoms. The molecule has 1 amide bonds. The van der Waals surface area contributed by atoms with Gasteiger partial charge < -0.3 is 10.4 Å². The summed E-state index contributed by atoms with van der Waals surface area (Å²) in [4.78, 5) is 28.7. The van der Waals surface area contributed by atoms with Crippen molar-refractivity contribution in [2.45, 2.75) is 43.5 Å². The van der Waals surface area contributed by atoms with E-state index in [2.05, 4.69) is 10.3 Å². The van der Waals surface area contributed by atoms with Crippen molar-refractivity contribution in [3.63, 3.8) is 0 Å². The number of hydrogen-bond donors (Lipinski definition) is 2. The van der Waals surface area contributed by atoms with E-state index in [-0.39, 0.29) is 27.8 Å². The van der Waals surface area contributed by atoms with Crippen LogP contribution in [0.25, 0.3) is 17.1 Å². The predicted molar refractivity (Wildman–Crippen MR) is 131 cm³/mol. The molecule has 2 heterocycles. The van der Waals surface area contributed by atoms with Crippen molar-refractivity contribution < 1.29 is 27.5 Å². The molecule has 2 bridgehead atoms. The van der Waals surface area contributed by atoms with Crippen molar-refractivity contribution in [1.82, 2.24) is 14.3 Å². The maximum atomic E-state index is 14.0. The van der Waals surface area contributed by atoms with Crippen LogP contribution >= 0.6 is 0 Å². The van der Waals surface area contributed by atoms with Crippen LogP contribution in [-0.2, 0) is 19.6 Å². The number of hydrogen-bond acceptors (Lipinski definition) is 5. The largest absolute Gasteiger partial charge is 0.481 e. The smallest absolute Gasteiger partial charge is 0.308 e. The fourth-order valence-corrected chi connectivity index (χ4v) is 6.94. The average Bonchev–Trinajstić information content (AvgIpc) is 3.22. The van der Waals surface area contributed by atoms with Gasteiger partial charge in [0.2, 0.25) is 5.91 Å². The van der Waals surface area contributed by atoms with Gasteiger partial charge in [0, 0.05) is 29.3 Å². The van der Waals surface area contributed by atoms with Crippen molar-refractivity contribution in [3.05, 3.63) is 65.7 Å². The molecule has 3 aliphatic carbocycles. The third-order valence-electron chi connectivity index (χ3n) is 7.41. The molecule has 8 nitrogen and oxygen atoms in total. The number of carbonyl (C=O) groups excluding carboxylic acids is 1. The van der Waals surface area contributed by atoms with Crippen LogP contribution < -0.4 is 5.32 Å². The molecule has 3 aromatic rings. The zero-order chi connectivity index (χ0) is 25.6. The van der Waals surface area contributed by atoms with Crippen molar-refractivity contribution >= 4 is 39.0 Å². The zero-order valence-electron chi connectivity index (χ0n) is 19.6. The second-order valence-corrected chi connectivity index (χ2v) is 11.4. The Labute approximate surface area is 207 Å². The number of amides is 1. The molecule has 0 saturated heterocycles. The third kappa shape index (κ3) is 4.30. The molecule has 3 saturated carbocycles. The van der Waals surface area contributed by atoms with Crippen LogP contribution in [0.5, 0.6) is 0 Å². The highest BCUT2D eigenvalue weighted by Gasteiger charge is 2.47. The molecule has 0 unspecified atom stereocenters. The number of halogens is 1. The van der Waals surface area contributed by atoms with E-state index in [1.54, 1.807) is 12.1 Å². The molecule has 3 fully saturated rings.